The molecule has 3 N–H and O–H groups in total. The summed E-state index contributed by atoms with van der Waals surface area (Å²) in [7, 11) is 1.65. The molecular formula is C24H36IN5O2. The first-order valence-electron chi connectivity index (χ1n) is 11.2. The first kappa shape index (κ1) is 26.2. The van der Waals surface area contributed by atoms with Crippen molar-refractivity contribution in [3.8, 4) is 0 Å². The third-order valence-corrected chi connectivity index (χ3v) is 5.56. The van der Waals surface area contributed by atoms with Gasteiger partial charge < -0.3 is 20.4 Å². The highest BCUT2D eigenvalue weighted by Gasteiger charge is 2.25. The number of carbonyl (C=O) groups excluding carboxylic acids is 1. The molecule has 7 nitrogen and oxygen atoms in total. The van der Waals surface area contributed by atoms with Crippen molar-refractivity contribution in [2.75, 3.05) is 39.8 Å². The normalized spacial score (nSPS) is 15.2. The minimum absolute atomic E-state index is 0. The standard InChI is InChI=1S/C24H35N5O2.HI/c1-4-26-24(27-13-12-19-8-7-9-20(16-19)23(30)25-3)28-17-21(29-14-5-6-15-29)22-11-10-18(2)31-22;/h7-11,16,21H,4-6,12-15,17H2,1-3H3,(H,25,30)(H2,26,27,28);1H. The maximum absolute atomic E-state index is 11.8. The molecular weight excluding hydrogens is 517 g/mol. The van der Waals surface area contributed by atoms with E-state index in [1.54, 1.807) is 7.05 Å². The second kappa shape index (κ2) is 13.5. The van der Waals surface area contributed by atoms with Crippen LogP contribution >= 0.6 is 24.0 Å². The smallest absolute Gasteiger partial charge is 0.251 e. The van der Waals surface area contributed by atoms with Crippen LogP contribution in [0, 0.1) is 6.92 Å². The first-order chi connectivity index (χ1) is 15.1. The van der Waals surface area contributed by atoms with Crippen molar-refractivity contribution >= 4 is 35.8 Å². The van der Waals surface area contributed by atoms with E-state index in [9.17, 15) is 4.79 Å². The first-order valence-corrected chi connectivity index (χ1v) is 11.2. The van der Waals surface area contributed by atoms with Gasteiger partial charge in [-0.1, -0.05) is 12.1 Å². The van der Waals surface area contributed by atoms with E-state index in [1.165, 1.54) is 12.8 Å². The van der Waals surface area contributed by atoms with Crippen LogP contribution in [0.2, 0.25) is 0 Å². The number of guanidine groups is 1. The van der Waals surface area contributed by atoms with Crippen LogP contribution in [0.4, 0.5) is 0 Å². The molecule has 2 heterocycles. The van der Waals surface area contributed by atoms with Gasteiger partial charge in [-0.2, -0.15) is 0 Å². The maximum Gasteiger partial charge on any atom is 0.251 e. The van der Waals surface area contributed by atoms with Gasteiger partial charge >= 0.3 is 0 Å². The molecule has 2 aromatic rings. The predicted octanol–water partition coefficient (Wildman–Crippen LogP) is 3.50. The Hall–Kier alpha value is -2.07. The number of benzene rings is 1. The molecule has 1 aliphatic heterocycles. The summed E-state index contributed by atoms with van der Waals surface area (Å²) in [5.41, 5.74) is 1.80. The summed E-state index contributed by atoms with van der Waals surface area (Å²) in [4.78, 5) is 19.2. The maximum atomic E-state index is 11.8. The van der Waals surface area contributed by atoms with Crippen LogP contribution in [0.15, 0.2) is 45.8 Å². The summed E-state index contributed by atoms with van der Waals surface area (Å²) in [6, 6.07) is 12.0. The van der Waals surface area contributed by atoms with Gasteiger partial charge in [0, 0.05) is 25.7 Å². The topological polar surface area (TPSA) is 81.9 Å². The fraction of sp³-hybridized carbons (Fsp3) is 0.500. The Bertz CT molecular complexity index is 877. The Kier molecular flexibility index (Phi) is 11.0. The Balaban J connectivity index is 0.00000363. The Morgan fingerprint density at radius 1 is 1.19 bits per heavy atom. The number of furan rings is 1. The Morgan fingerprint density at radius 3 is 2.62 bits per heavy atom. The molecule has 0 radical (unpaired) electrons. The zero-order chi connectivity index (χ0) is 22.1. The number of hydrogen-bond donors (Lipinski definition) is 3. The molecule has 3 rings (SSSR count). The van der Waals surface area contributed by atoms with Crippen LogP contribution in [-0.4, -0.2) is 56.5 Å². The molecule has 0 spiro atoms. The van der Waals surface area contributed by atoms with Gasteiger partial charge in [0.05, 0.1) is 12.6 Å². The molecule has 1 aromatic carbocycles. The third-order valence-electron chi connectivity index (χ3n) is 5.56. The molecule has 32 heavy (non-hydrogen) atoms. The number of likely N-dealkylation sites (tertiary alicyclic amines) is 1. The van der Waals surface area contributed by atoms with Crippen molar-refractivity contribution < 1.29 is 9.21 Å². The number of aryl methyl sites for hydroxylation is 1. The zero-order valence-electron chi connectivity index (χ0n) is 19.3. The molecule has 0 saturated carbocycles. The molecule has 1 unspecified atom stereocenters. The molecule has 0 bridgehead atoms. The minimum atomic E-state index is -0.0640. The largest absolute Gasteiger partial charge is 0.465 e. The van der Waals surface area contributed by atoms with Crippen LogP contribution in [0.25, 0.3) is 0 Å². The molecule has 176 valence electrons. The van der Waals surface area contributed by atoms with E-state index in [2.05, 4.69) is 33.8 Å². The molecule has 1 aromatic heterocycles. The van der Waals surface area contributed by atoms with Crippen molar-refractivity contribution in [1.82, 2.24) is 20.9 Å². The summed E-state index contributed by atoms with van der Waals surface area (Å²) in [5.74, 6) is 2.67. The summed E-state index contributed by atoms with van der Waals surface area (Å²) in [5, 5.41) is 9.43. The van der Waals surface area contributed by atoms with Gasteiger partial charge in [0.2, 0.25) is 0 Å². The molecule has 1 atom stereocenters. The van der Waals surface area contributed by atoms with Crippen LogP contribution in [0.5, 0.6) is 0 Å². The van der Waals surface area contributed by atoms with Crippen LogP contribution < -0.4 is 16.0 Å². The number of amides is 1. The van der Waals surface area contributed by atoms with Gasteiger partial charge in [-0.25, -0.2) is 0 Å². The molecule has 1 amide bonds. The fourth-order valence-electron chi connectivity index (χ4n) is 3.93. The number of carbonyl (C=O) groups is 1. The van der Waals surface area contributed by atoms with E-state index in [0.717, 1.165) is 55.6 Å². The molecule has 1 aliphatic rings. The molecule has 8 heteroatoms. The quantitative estimate of drug-likeness (QED) is 0.252. The summed E-state index contributed by atoms with van der Waals surface area (Å²) in [6.45, 7) is 8.41. The van der Waals surface area contributed by atoms with Gasteiger partial charge in [0.25, 0.3) is 5.91 Å². The predicted molar refractivity (Wildman–Crippen MR) is 140 cm³/mol. The van der Waals surface area contributed by atoms with E-state index >= 15 is 0 Å². The summed E-state index contributed by atoms with van der Waals surface area (Å²) in [6.07, 6.45) is 3.27. The second-order valence-electron chi connectivity index (χ2n) is 7.88. The number of rotatable bonds is 9. The zero-order valence-corrected chi connectivity index (χ0v) is 21.6. The molecule has 1 saturated heterocycles. The lowest BCUT2D eigenvalue weighted by molar-refractivity contribution is 0.0963. The van der Waals surface area contributed by atoms with E-state index in [4.69, 9.17) is 9.41 Å². The Morgan fingerprint density at radius 2 is 1.97 bits per heavy atom. The number of halogens is 1. The van der Waals surface area contributed by atoms with Crippen molar-refractivity contribution in [2.45, 2.75) is 39.2 Å². The van der Waals surface area contributed by atoms with Gasteiger partial charge in [-0.05, 0) is 76.0 Å². The van der Waals surface area contributed by atoms with Crippen molar-refractivity contribution in [3.05, 3.63) is 59.0 Å². The van der Waals surface area contributed by atoms with Crippen molar-refractivity contribution in [1.29, 1.82) is 0 Å². The second-order valence-corrected chi connectivity index (χ2v) is 7.88. The lowest BCUT2D eigenvalue weighted by Gasteiger charge is -2.24. The van der Waals surface area contributed by atoms with Gasteiger partial charge in [-0.15, -0.1) is 24.0 Å². The molecule has 0 aliphatic carbocycles. The SMILES string of the molecule is CCNC(=NCC(c1ccc(C)o1)N1CCCC1)NCCc1cccc(C(=O)NC)c1.I. The number of nitrogens with zero attached hydrogens (tertiary/aromatic N) is 2. The van der Waals surface area contributed by atoms with E-state index < -0.39 is 0 Å². The lowest BCUT2D eigenvalue weighted by Crippen LogP contribution is -2.39. The summed E-state index contributed by atoms with van der Waals surface area (Å²) < 4.78 is 5.94. The van der Waals surface area contributed by atoms with E-state index in [0.29, 0.717) is 12.1 Å². The highest BCUT2D eigenvalue weighted by atomic mass is 127. The van der Waals surface area contributed by atoms with Crippen molar-refractivity contribution in [2.24, 2.45) is 4.99 Å². The molecule has 1 fully saturated rings. The monoisotopic (exact) mass is 553 g/mol. The number of hydrogen-bond acceptors (Lipinski definition) is 4. The van der Waals surface area contributed by atoms with Gasteiger partial charge in [0.15, 0.2) is 5.96 Å². The average Bonchev–Trinajstić information content (AvgIpc) is 3.46. The summed E-state index contributed by atoms with van der Waals surface area (Å²) >= 11 is 0. The number of nitrogens with one attached hydrogen (secondary N) is 3. The van der Waals surface area contributed by atoms with Crippen LogP contribution in [-0.2, 0) is 6.42 Å². The Labute approximate surface area is 208 Å². The lowest BCUT2D eigenvalue weighted by atomic mass is 10.1. The fourth-order valence-corrected chi connectivity index (χ4v) is 3.93. The van der Waals surface area contributed by atoms with E-state index in [1.807, 2.05) is 37.3 Å². The van der Waals surface area contributed by atoms with Crippen LogP contribution in [0.3, 0.4) is 0 Å². The minimum Gasteiger partial charge on any atom is -0.465 e. The highest BCUT2D eigenvalue weighted by molar-refractivity contribution is 14.0. The highest BCUT2D eigenvalue weighted by Crippen LogP contribution is 2.26. The van der Waals surface area contributed by atoms with Crippen molar-refractivity contribution in [3.63, 3.8) is 0 Å². The van der Waals surface area contributed by atoms with Gasteiger partial charge in [-0.3, -0.25) is 14.7 Å². The van der Waals surface area contributed by atoms with Crippen LogP contribution in [0.1, 0.15) is 53.2 Å². The number of aliphatic imine (C=N–C) groups is 1. The third kappa shape index (κ3) is 7.51. The van der Waals surface area contributed by atoms with E-state index in [-0.39, 0.29) is 35.9 Å². The van der Waals surface area contributed by atoms with Gasteiger partial charge in [0.1, 0.15) is 11.5 Å². The average molecular weight is 553 g/mol.